The minimum atomic E-state index is -0.930. The van der Waals surface area contributed by atoms with Gasteiger partial charge in [0.05, 0.1) is 41.5 Å². The maximum absolute atomic E-state index is 13.3. The monoisotopic (exact) mass is 480 g/mol. The van der Waals surface area contributed by atoms with Gasteiger partial charge in [0, 0.05) is 6.61 Å². The Morgan fingerprint density at radius 2 is 1.94 bits per heavy atom. The summed E-state index contributed by atoms with van der Waals surface area (Å²) in [5, 5.41) is 0.989. The highest BCUT2D eigenvalue weighted by Crippen LogP contribution is 2.34. The van der Waals surface area contributed by atoms with Crippen LogP contribution in [0.1, 0.15) is 12.8 Å². The van der Waals surface area contributed by atoms with Gasteiger partial charge < -0.3 is 20.1 Å². The lowest BCUT2D eigenvalue weighted by atomic mass is 10.2. The molecule has 2 aromatic carbocycles. The molecule has 2 aliphatic heterocycles. The normalized spacial score (nSPS) is 19.6. The standard InChI is InChI=1S/C24H24N4O5S/c25-22(30)20-13-27(18-9-3-4-10-19(18)33-20)21(29)14-34-24-26-17-8-2-1-7-16(17)23(31)28(24)12-15-6-5-11-32-15/h1-4,7-10,15,20H,5-6,11-14H2,(H2,25,30)/t15-,20+/m0/s1. The third-order valence-electron chi connectivity index (χ3n) is 5.95. The van der Waals surface area contributed by atoms with Crippen molar-refractivity contribution in [3.63, 3.8) is 0 Å². The van der Waals surface area contributed by atoms with E-state index in [1.54, 1.807) is 41.0 Å². The number of amides is 2. The second-order valence-electron chi connectivity index (χ2n) is 8.23. The molecular weight excluding hydrogens is 456 g/mol. The molecule has 0 spiro atoms. The van der Waals surface area contributed by atoms with Crippen LogP contribution in [0.3, 0.4) is 0 Å². The number of anilines is 1. The zero-order valence-corrected chi connectivity index (χ0v) is 19.2. The first-order valence-electron chi connectivity index (χ1n) is 11.1. The number of para-hydroxylation sites is 3. The second kappa shape index (κ2) is 9.47. The van der Waals surface area contributed by atoms with Gasteiger partial charge in [0.1, 0.15) is 5.75 Å². The van der Waals surface area contributed by atoms with Gasteiger partial charge >= 0.3 is 0 Å². The summed E-state index contributed by atoms with van der Waals surface area (Å²) in [6.45, 7) is 1.09. The molecule has 2 atom stereocenters. The SMILES string of the molecule is NC(=O)[C@H]1CN(C(=O)CSc2nc3ccccc3c(=O)n2C[C@@H]2CCCO2)c2ccccc2O1. The van der Waals surface area contributed by atoms with E-state index in [4.69, 9.17) is 15.2 Å². The molecule has 3 aromatic rings. The topological polar surface area (TPSA) is 117 Å². The third-order valence-corrected chi connectivity index (χ3v) is 6.91. The number of thioether (sulfide) groups is 1. The summed E-state index contributed by atoms with van der Waals surface area (Å²) >= 11 is 1.19. The molecule has 2 aliphatic rings. The largest absolute Gasteiger partial charge is 0.477 e. The molecule has 0 radical (unpaired) electrons. The Kier molecular flexibility index (Phi) is 6.25. The van der Waals surface area contributed by atoms with Crippen LogP contribution >= 0.6 is 11.8 Å². The van der Waals surface area contributed by atoms with Crippen molar-refractivity contribution < 1.29 is 19.1 Å². The fraction of sp³-hybridized carbons (Fsp3) is 0.333. The van der Waals surface area contributed by atoms with Crippen molar-refractivity contribution in [2.24, 2.45) is 5.73 Å². The van der Waals surface area contributed by atoms with E-state index in [2.05, 4.69) is 4.98 Å². The molecule has 1 fully saturated rings. The summed E-state index contributed by atoms with van der Waals surface area (Å²) < 4.78 is 13.0. The quantitative estimate of drug-likeness (QED) is 0.423. The van der Waals surface area contributed by atoms with Gasteiger partial charge in [-0.3, -0.25) is 19.0 Å². The zero-order chi connectivity index (χ0) is 23.7. The highest BCUT2D eigenvalue weighted by Gasteiger charge is 2.32. The number of hydrogen-bond acceptors (Lipinski definition) is 7. The molecule has 0 aliphatic carbocycles. The third kappa shape index (κ3) is 4.38. The maximum Gasteiger partial charge on any atom is 0.262 e. The zero-order valence-electron chi connectivity index (χ0n) is 18.4. The van der Waals surface area contributed by atoms with E-state index in [1.807, 2.05) is 12.1 Å². The minimum absolute atomic E-state index is 0.0239. The number of carbonyl (C=O) groups is 2. The fourth-order valence-electron chi connectivity index (χ4n) is 4.23. The smallest absolute Gasteiger partial charge is 0.262 e. The lowest BCUT2D eigenvalue weighted by Gasteiger charge is -2.33. The van der Waals surface area contributed by atoms with Gasteiger partial charge in [0.15, 0.2) is 11.3 Å². The van der Waals surface area contributed by atoms with E-state index < -0.39 is 12.0 Å². The Bertz CT molecular complexity index is 1300. The molecule has 10 heteroatoms. The molecule has 9 nitrogen and oxygen atoms in total. The van der Waals surface area contributed by atoms with Crippen LogP contribution in [-0.4, -0.2) is 52.5 Å². The highest BCUT2D eigenvalue weighted by atomic mass is 32.2. The molecule has 2 amide bonds. The molecule has 3 heterocycles. The van der Waals surface area contributed by atoms with Crippen LogP contribution in [0.2, 0.25) is 0 Å². The number of hydrogen-bond donors (Lipinski definition) is 1. The first-order valence-corrected chi connectivity index (χ1v) is 12.1. The number of rotatable bonds is 6. The molecule has 34 heavy (non-hydrogen) atoms. The predicted molar refractivity (Wildman–Crippen MR) is 128 cm³/mol. The maximum atomic E-state index is 13.3. The summed E-state index contributed by atoms with van der Waals surface area (Å²) in [6, 6.07) is 14.2. The van der Waals surface area contributed by atoms with E-state index in [0.717, 1.165) is 12.8 Å². The number of carbonyl (C=O) groups excluding carboxylic acids is 2. The van der Waals surface area contributed by atoms with Gasteiger partial charge in [-0.2, -0.15) is 0 Å². The van der Waals surface area contributed by atoms with Gasteiger partial charge in [-0.25, -0.2) is 4.98 Å². The van der Waals surface area contributed by atoms with Crippen molar-refractivity contribution in [1.82, 2.24) is 9.55 Å². The highest BCUT2D eigenvalue weighted by molar-refractivity contribution is 7.99. The van der Waals surface area contributed by atoms with E-state index >= 15 is 0 Å². The van der Waals surface area contributed by atoms with Crippen LogP contribution in [0.15, 0.2) is 58.5 Å². The fourth-order valence-corrected chi connectivity index (χ4v) is 5.12. The molecule has 0 unspecified atom stereocenters. The van der Waals surface area contributed by atoms with E-state index in [0.29, 0.717) is 40.6 Å². The van der Waals surface area contributed by atoms with Gasteiger partial charge in [-0.05, 0) is 37.1 Å². The number of nitrogens with two attached hydrogens (primary N) is 1. The van der Waals surface area contributed by atoms with Crippen LogP contribution in [0.4, 0.5) is 5.69 Å². The van der Waals surface area contributed by atoms with Crippen molar-refractivity contribution in [1.29, 1.82) is 0 Å². The minimum Gasteiger partial charge on any atom is -0.477 e. The van der Waals surface area contributed by atoms with Crippen molar-refractivity contribution in [2.45, 2.75) is 36.8 Å². The summed E-state index contributed by atoms with van der Waals surface area (Å²) in [7, 11) is 0. The van der Waals surface area contributed by atoms with Crippen molar-refractivity contribution in [3.05, 3.63) is 58.9 Å². The molecule has 0 saturated carbocycles. The number of benzene rings is 2. The Morgan fingerprint density at radius 3 is 2.74 bits per heavy atom. The summed E-state index contributed by atoms with van der Waals surface area (Å²) in [5.41, 5.74) is 6.46. The molecular formula is C24H24N4O5S. The van der Waals surface area contributed by atoms with Crippen LogP contribution in [-0.2, 0) is 20.9 Å². The van der Waals surface area contributed by atoms with Gasteiger partial charge in [-0.1, -0.05) is 36.0 Å². The van der Waals surface area contributed by atoms with Crippen molar-refractivity contribution >= 4 is 40.2 Å². The molecule has 2 N–H and O–H groups in total. The molecule has 5 rings (SSSR count). The number of primary amides is 1. The number of nitrogens with zero attached hydrogens (tertiary/aromatic N) is 3. The lowest BCUT2D eigenvalue weighted by molar-refractivity contribution is -0.125. The average molecular weight is 481 g/mol. The predicted octanol–water partition coefficient (Wildman–Crippen LogP) is 1.95. The van der Waals surface area contributed by atoms with Crippen LogP contribution in [0.25, 0.3) is 10.9 Å². The Balaban J connectivity index is 1.42. The van der Waals surface area contributed by atoms with Crippen LogP contribution in [0.5, 0.6) is 5.75 Å². The van der Waals surface area contributed by atoms with E-state index in [1.165, 1.54) is 16.7 Å². The van der Waals surface area contributed by atoms with Crippen molar-refractivity contribution in [3.8, 4) is 5.75 Å². The first-order chi connectivity index (χ1) is 16.5. The van der Waals surface area contributed by atoms with Gasteiger partial charge in [-0.15, -0.1) is 0 Å². The van der Waals surface area contributed by atoms with Gasteiger partial charge in [0.25, 0.3) is 11.5 Å². The second-order valence-corrected chi connectivity index (χ2v) is 9.17. The van der Waals surface area contributed by atoms with Crippen molar-refractivity contribution in [2.75, 3.05) is 23.8 Å². The molecule has 1 aromatic heterocycles. The lowest BCUT2D eigenvalue weighted by Crippen LogP contribution is -2.49. The summed E-state index contributed by atoms with van der Waals surface area (Å²) in [6.07, 6.45) is 0.846. The Morgan fingerprint density at radius 1 is 1.15 bits per heavy atom. The molecule has 0 bridgehead atoms. The summed E-state index contributed by atoms with van der Waals surface area (Å²) in [5.74, 6) is -0.425. The number of ether oxygens (including phenoxy) is 2. The Labute approximate surface area is 199 Å². The summed E-state index contributed by atoms with van der Waals surface area (Å²) in [4.78, 5) is 44.5. The van der Waals surface area contributed by atoms with Crippen LogP contribution in [0, 0.1) is 0 Å². The van der Waals surface area contributed by atoms with Crippen LogP contribution < -0.4 is 20.9 Å². The van der Waals surface area contributed by atoms with E-state index in [-0.39, 0.29) is 29.9 Å². The molecule has 176 valence electrons. The first kappa shape index (κ1) is 22.4. The van der Waals surface area contributed by atoms with Gasteiger partial charge in [0.2, 0.25) is 5.91 Å². The molecule has 1 saturated heterocycles. The van der Waals surface area contributed by atoms with E-state index in [9.17, 15) is 14.4 Å². The average Bonchev–Trinajstić information content (AvgIpc) is 3.37. The Hall–Kier alpha value is -3.37. The number of aromatic nitrogens is 2. The number of fused-ring (bicyclic) bond motifs is 2.